The summed E-state index contributed by atoms with van der Waals surface area (Å²) in [5, 5.41) is 0. The number of hydrogen-bond acceptors (Lipinski definition) is 2. The molecule has 3 aromatic rings. The van der Waals surface area contributed by atoms with Crippen LogP contribution in [0.3, 0.4) is 0 Å². The molecule has 154 valence electrons. The van der Waals surface area contributed by atoms with E-state index in [9.17, 15) is 4.79 Å². The molecule has 30 heavy (non-hydrogen) atoms. The lowest BCUT2D eigenvalue weighted by molar-refractivity contribution is 0.230. The van der Waals surface area contributed by atoms with Crippen LogP contribution < -0.4 is 4.90 Å². The minimum absolute atomic E-state index is 0.0616. The number of carbonyl (C=O) groups is 1. The van der Waals surface area contributed by atoms with Gasteiger partial charge in [0.2, 0.25) is 0 Å². The number of rotatable bonds is 5. The van der Waals surface area contributed by atoms with Gasteiger partial charge in [-0.2, -0.15) is 0 Å². The van der Waals surface area contributed by atoms with Crippen molar-refractivity contribution < 1.29 is 4.79 Å². The van der Waals surface area contributed by atoms with Gasteiger partial charge < -0.3 is 4.57 Å². The van der Waals surface area contributed by atoms with Crippen LogP contribution in [-0.2, 0) is 13.0 Å². The molecule has 0 saturated heterocycles. The second-order valence-electron chi connectivity index (χ2n) is 7.83. The molecule has 2 heterocycles. The first kappa shape index (κ1) is 20.0. The van der Waals surface area contributed by atoms with Gasteiger partial charge in [-0.05, 0) is 24.5 Å². The highest BCUT2D eigenvalue weighted by atomic mass is 16.2. The Balaban J connectivity index is 1.88. The first-order valence-electron chi connectivity index (χ1n) is 10.4. The Labute approximate surface area is 178 Å². The van der Waals surface area contributed by atoms with Crippen LogP contribution in [0.25, 0.3) is 5.70 Å². The van der Waals surface area contributed by atoms with Crippen LogP contribution in [0, 0.1) is 6.92 Å². The second-order valence-corrected chi connectivity index (χ2v) is 7.83. The number of imidazole rings is 1. The normalized spacial score (nSPS) is 15.1. The zero-order valence-electron chi connectivity index (χ0n) is 18.1. The summed E-state index contributed by atoms with van der Waals surface area (Å²) in [6.45, 7) is 4.90. The average molecular weight is 401 g/mol. The molecule has 0 radical (unpaired) electrons. The highest BCUT2D eigenvalue weighted by Gasteiger charge is 2.35. The molecule has 5 heteroatoms. The quantitative estimate of drug-likeness (QED) is 0.599. The lowest BCUT2D eigenvalue weighted by Gasteiger charge is -2.32. The Morgan fingerprint density at radius 2 is 1.63 bits per heavy atom. The minimum atomic E-state index is -0.0616. The number of fused-ring (bicyclic) bond motifs is 1. The summed E-state index contributed by atoms with van der Waals surface area (Å²) in [5.74, 6) is 1.69. The van der Waals surface area contributed by atoms with Crippen molar-refractivity contribution in [3.05, 3.63) is 88.9 Å². The van der Waals surface area contributed by atoms with Crippen molar-refractivity contribution in [1.29, 1.82) is 0 Å². The zero-order chi connectivity index (χ0) is 21.3. The Morgan fingerprint density at radius 3 is 2.30 bits per heavy atom. The number of aromatic nitrogens is 2. The minimum Gasteiger partial charge on any atom is -0.320 e. The van der Waals surface area contributed by atoms with Crippen molar-refractivity contribution in [2.45, 2.75) is 33.2 Å². The van der Waals surface area contributed by atoms with Gasteiger partial charge in [-0.25, -0.2) is 9.78 Å². The molecule has 0 saturated carbocycles. The third kappa shape index (κ3) is 3.63. The van der Waals surface area contributed by atoms with Gasteiger partial charge in [-0.15, -0.1) is 0 Å². The highest BCUT2D eigenvalue weighted by Crippen LogP contribution is 2.36. The number of carbonyl (C=O) groups excluding carboxylic acids is 1. The van der Waals surface area contributed by atoms with Gasteiger partial charge in [0, 0.05) is 27.1 Å². The summed E-state index contributed by atoms with van der Waals surface area (Å²) in [5.41, 5.74) is 5.59. The fourth-order valence-electron chi connectivity index (χ4n) is 3.94. The van der Waals surface area contributed by atoms with Crippen molar-refractivity contribution >= 4 is 17.5 Å². The van der Waals surface area contributed by atoms with E-state index >= 15 is 0 Å². The maximum atomic E-state index is 12.8. The molecule has 0 fully saturated rings. The van der Waals surface area contributed by atoms with Crippen LogP contribution in [0.5, 0.6) is 0 Å². The van der Waals surface area contributed by atoms with Crippen molar-refractivity contribution in [1.82, 2.24) is 14.5 Å². The van der Waals surface area contributed by atoms with Crippen LogP contribution in [0.15, 0.2) is 60.7 Å². The third-order valence-corrected chi connectivity index (χ3v) is 5.59. The number of anilines is 1. The number of benzene rings is 2. The molecule has 1 aromatic heterocycles. The average Bonchev–Trinajstić information content (AvgIpc) is 3.10. The Kier molecular flexibility index (Phi) is 5.44. The van der Waals surface area contributed by atoms with E-state index in [0.29, 0.717) is 13.0 Å². The fraction of sp³-hybridized carbons (Fsp3) is 0.280. The van der Waals surface area contributed by atoms with Gasteiger partial charge in [-0.3, -0.25) is 9.80 Å². The van der Waals surface area contributed by atoms with Crippen LogP contribution in [0.4, 0.5) is 10.6 Å². The highest BCUT2D eigenvalue weighted by molar-refractivity contribution is 6.02. The summed E-state index contributed by atoms with van der Waals surface area (Å²) >= 11 is 0. The summed E-state index contributed by atoms with van der Waals surface area (Å²) in [4.78, 5) is 21.2. The molecule has 0 unspecified atom stereocenters. The number of urea groups is 1. The molecule has 0 atom stereocenters. The molecule has 1 aliphatic rings. The van der Waals surface area contributed by atoms with E-state index in [0.717, 1.165) is 29.5 Å². The van der Waals surface area contributed by atoms with E-state index in [1.54, 1.807) is 16.8 Å². The topological polar surface area (TPSA) is 41.4 Å². The zero-order valence-corrected chi connectivity index (χ0v) is 18.1. The van der Waals surface area contributed by atoms with Gasteiger partial charge in [0.25, 0.3) is 0 Å². The monoisotopic (exact) mass is 400 g/mol. The Morgan fingerprint density at radius 1 is 0.933 bits per heavy atom. The molecule has 0 N–H and O–H groups in total. The van der Waals surface area contributed by atoms with Crippen LogP contribution in [0.1, 0.15) is 41.6 Å². The number of allylic oxidation sites excluding steroid dienone is 1. The smallest absolute Gasteiger partial charge is 0.320 e. The van der Waals surface area contributed by atoms with Gasteiger partial charge >= 0.3 is 6.03 Å². The van der Waals surface area contributed by atoms with Gasteiger partial charge in [-0.1, -0.05) is 73.2 Å². The van der Waals surface area contributed by atoms with Crippen molar-refractivity contribution in [2.24, 2.45) is 0 Å². The van der Waals surface area contributed by atoms with E-state index in [-0.39, 0.29) is 6.03 Å². The van der Waals surface area contributed by atoms with Crippen LogP contribution in [0.2, 0.25) is 0 Å². The third-order valence-electron chi connectivity index (χ3n) is 5.59. The van der Waals surface area contributed by atoms with Crippen LogP contribution >= 0.6 is 0 Å². The van der Waals surface area contributed by atoms with Gasteiger partial charge in [0.05, 0.1) is 5.70 Å². The SMILES string of the molecule is CC/C=C1/c2c(nc(Cc3ccccc3)n2Cc2ccc(C)cc2)N(C)C(=O)N1C. The lowest BCUT2D eigenvalue weighted by Crippen LogP contribution is -2.42. The molecular weight excluding hydrogens is 372 g/mol. The van der Waals surface area contributed by atoms with E-state index in [1.807, 2.05) is 25.2 Å². The van der Waals surface area contributed by atoms with E-state index in [4.69, 9.17) is 4.98 Å². The number of aryl methyl sites for hydroxylation is 1. The fourth-order valence-corrected chi connectivity index (χ4v) is 3.94. The second kappa shape index (κ2) is 8.19. The number of amides is 2. The van der Waals surface area contributed by atoms with Gasteiger partial charge in [0.15, 0.2) is 5.82 Å². The largest absolute Gasteiger partial charge is 0.329 e. The molecule has 1 aliphatic heterocycles. The van der Waals surface area contributed by atoms with Gasteiger partial charge in [0.1, 0.15) is 11.5 Å². The first-order valence-corrected chi connectivity index (χ1v) is 10.4. The molecule has 2 amide bonds. The van der Waals surface area contributed by atoms with E-state index < -0.39 is 0 Å². The molecule has 0 spiro atoms. The predicted molar refractivity (Wildman–Crippen MR) is 122 cm³/mol. The number of hydrogen-bond donors (Lipinski definition) is 0. The molecule has 2 aromatic carbocycles. The molecule has 0 bridgehead atoms. The molecule has 0 aliphatic carbocycles. The number of nitrogens with zero attached hydrogens (tertiary/aromatic N) is 4. The summed E-state index contributed by atoms with van der Waals surface area (Å²) in [7, 11) is 3.64. The first-order chi connectivity index (χ1) is 14.5. The maximum Gasteiger partial charge on any atom is 0.329 e. The summed E-state index contributed by atoms with van der Waals surface area (Å²) in [6, 6.07) is 18.9. The van der Waals surface area contributed by atoms with E-state index in [1.165, 1.54) is 16.7 Å². The standard InChI is InChI=1S/C25H28N4O/c1-5-9-21-23-24(28(4)25(30)27(21)3)26-22(16-19-10-7-6-8-11-19)29(23)17-20-14-12-18(2)13-15-20/h6-15H,5,16-17H2,1-4H3/b21-9-. The summed E-state index contributed by atoms with van der Waals surface area (Å²) in [6.07, 6.45) is 3.67. The van der Waals surface area contributed by atoms with E-state index in [2.05, 4.69) is 60.9 Å². The molecule has 5 nitrogen and oxygen atoms in total. The Hall–Kier alpha value is -3.34. The Bertz CT molecular complexity index is 1080. The van der Waals surface area contributed by atoms with Crippen molar-refractivity contribution in [2.75, 3.05) is 19.0 Å². The lowest BCUT2D eigenvalue weighted by atomic mass is 10.1. The molecular formula is C25H28N4O. The predicted octanol–water partition coefficient (Wildman–Crippen LogP) is 5.08. The summed E-state index contributed by atoms with van der Waals surface area (Å²) < 4.78 is 2.27. The van der Waals surface area contributed by atoms with Crippen molar-refractivity contribution in [3.8, 4) is 0 Å². The maximum absolute atomic E-state index is 12.8. The van der Waals surface area contributed by atoms with Crippen molar-refractivity contribution in [3.63, 3.8) is 0 Å². The van der Waals surface area contributed by atoms with Crippen LogP contribution in [-0.4, -0.2) is 34.6 Å². The molecule has 4 rings (SSSR count).